The number of furan rings is 1. The average Bonchev–Trinajstić information content (AvgIpc) is 2.95. The Morgan fingerprint density at radius 3 is 2.45 bits per heavy atom. The van der Waals surface area contributed by atoms with Gasteiger partial charge in [-0.15, -0.1) is 0 Å². The van der Waals surface area contributed by atoms with Gasteiger partial charge in [-0.1, -0.05) is 20.8 Å². The van der Waals surface area contributed by atoms with E-state index in [0.717, 1.165) is 49.7 Å². The number of rotatable bonds is 5. The van der Waals surface area contributed by atoms with E-state index < -0.39 is 6.10 Å². The monoisotopic (exact) mass is 279 g/mol. The van der Waals surface area contributed by atoms with Crippen molar-refractivity contribution in [1.82, 2.24) is 0 Å². The minimum atomic E-state index is -0.569. The number of aliphatic hydroxyl groups is 1. The number of aryl methyl sites for hydroxylation is 1. The Morgan fingerprint density at radius 2 is 2.00 bits per heavy atom. The maximum atomic E-state index is 10.8. The number of aliphatic hydroxyl groups excluding tert-OH is 1. The molecule has 0 bridgehead atoms. The van der Waals surface area contributed by atoms with Gasteiger partial charge in [0.05, 0.1) is 0 Å². The minimum Gasteiger partial charge on any atom is -0.463 e. The summed E-state index contributed by atoms with van der Waals surface area (Å²) in [5.74, 6) is 3.11. The van der Waals surface area contributed by atoms with Crippen LogP contribution in [0.4, 0.5) is 0 Å². The molecular weight excluding hydrogens is 250 g/mol. The van der Waals surface area contributed by atoms with Gasteiger partial charge in [-0.2, -0.15) is 0 Å². The zero-order valence-electron chi connectivity index (χ0n) is 13.1. The van der Waals surface area contributed by atoms with Crippen molar-refractivity contribution in [3.8, 4) is 0 Å². The molecule has 0 saturated heterocycles. The molecule has 2 rings (SSSR count). The molecule has 1 aliphatic rings. The summed E-state index contributed by atoms with van der Waals surface area (Å²) in [6.45, 7) is 7.16. The highest BCUT2D eigenvalue weighted by molar-refractivity contribution is 5.13. The van der Waals surface area contributed by atoms with Crippen molar-refractivity contribution in [2.45, 2.75) is 59.0 Å². The van der Waals surface area contributed by atoms with Crippen LogP contribution in [0.25, 0.3) is 0 Å². The molecule has 114 valence electrons. The fourth-order valence-corrected chi connectivity index (χ4v) is 3.50. The Labute approximate surface area is 122 Å². The summed E-state index contributed by atoms with van der Waals surface area (Å²) >= 11 is 0. The molecule has 20 heavy (non-hydrogen) atoms. The molecule has 0 aromatic carbocycles. The second kappa shape index (κ2) is 6.31. The van der Waals surface area contributed by atoms with E-state index >= 15 is 0 Å². The quantitative estimate of drug-likeness (QED) is 0.864. The van der Waals surface area contributed by atoms with Crippen LogP contribution in [0.1, 0.15) is 64.1 Å². The third-order valence-corrected chi connectivity index (χ3v) is 5.26. The Hall–Kier alpha value is -0.800. The topological polar surface area (TPSA) is 59.4 Å². The average molecular weight is 279 g/mol. The predicted molar refractivity (Wildman–Crippen MR) is 81.3 cm³/mol. The fraction of sp³-hybridized carbons (Fsp3) is 0.765. The van der Waals surface area contributed by atoms with E-state index in [2.05, 4.69) is 20.8 Å². The lowest BCUT2D eigenvalue weighted by Gasteiger charge is -2.43. The smallest absolute Gasteiger partial charge is 0.133 e. The van der Waals surface area contributed by atoms with Crippen LogP contribution in [0.3, 0.4) is 0 Å². The van der Waals surface area contributed by atoms with Crippen molar-refractivity contribution < 1.29 is 9.52 Å². The first-order valence-corrected chi connectivity index (χ1v) is 7.99. The van der Waals surface area contributed by atoms with E-state index in [4.69, 9.17) is 10.2 Å². The van der Waals surface area contributed by atoms with Gasteiger partial charge in [0.15, 0.2) is 0 Å². The Morgan fingerprint density at radius 1 is 1.35 bits per heavy atom. The second-order valence-corrected chi connectivity index (χ2v) is 6.71. The molecule has 0 aliphatic heterocycles. The van der Waals surface area contributed by atoms with Crippen molar-refractivity contribution in [2.75, 3.05) is 6.54 Å². The van der Waals surface area contributed by atoms with E-state index in [-0.39, 0.29) is 5.41 Å². The summed E-state index contributed by atoms with van der Waals surface area (Å²) in [6, 6.07) is 3.87. The maximum absolute atomic E-state index is 10.8. The summed E-state index contributed by atoms with van der Waals surface area (Å²) < 4.78 is 5.74. The first kappa shape index (κ1) is 15.6. The maximum Gasteiger partial charge on any atom is 0.133 e. The molecule has 1 heterocycles. The van der Waals surface area contributed by atoms with Gasteiger partial charge in [0.2, 0.25) is 0 Å². The standard InChI is InChI=1S/C17H29NO2/c1-4-14-5-6-15(20-14)16(19)17(11-18)9-7-13(8-10-17)12(2)3/h5-6,12-13,16,19H,4,7-11,18H2,1-3H3. The van der Waals surface area contributed by atoms with Crippen LogP contribution in [0.5, 0.6) is 0 Å². The van der Waals surface area contributed by atoms with Crippen molar-refractivity contribution >= 4 is 0 Å². The van der Waals surface area contributed by atoms with E-state index in [1.54, 1.807) is 0 Å². The number of nitrogens with two attached hydrogens (primary N) is 1. The van der Waals surface area contributed by atoms with Crippen LogP contribution < -0.4 is 5.73 Å². The Kier molecular flexibility index (Phi) is 4.92. The third kappa shape index (κ3) is 2.94. The lowest BCUT2D eigenvalue weighted by atomic mass is 9.65. The molecule has 1 saturated carbocycles. The molecule has 1 atom stereocenters. The van der Waals surface area contributed by atoms with E-state index in [0.29, 0.717) is 12.3 Å². The highest BCUT2D eigenvalue weighted by Crippen LogP contribution is 2.48. The molecular formula is C17H29NO2. The zero-order valence-corrected chi connectivity index (χ0v) is 13.1. The van der Waals surface area contributed by atoms with Gasteiger partial charge in [0.1, 0.15) is 17.6 Å². The zero-order chi connectivity index (χ0) is 14.8. The van der Waals surface area contributed by atoms with Crippen molar-refractivity contribution in [3.63, 3.8) is 0 Å². The van der Waals surface area contributed by atoms with Gasteiger partial charge in [-0.05, 0) is 49.7 Å². The highest BCUT2D eigenvalue weighted by Gasteiger charge is 2.42. The van der Waals surface area contributed by atoms with E-state index in [9.17, 15) is 5.11 Å². The molecule has 1 unspecified atom stereocenters. The predicted octanol–water partition coefficient (Wildman–Crippen LogP) is 3.67. The van der Waals surface area contributed by atoms with Gasteiger partial charge < -0.3 is 15.3 Å². The second-order valence-electron chi connectivity index (χ2n) is 6.71. The Balaban J connectivity index is 2.11. The lowest BCUT2D eigenvalue weighted by Crippen LogP contribution is -2.40. The SMILES string of the molecule is CCc1ccc(C(O)C2(CN)CCC(C(C)C)CC2)o1. The van der Waals surface area contributed by atoms with Gasteiger partial charge in [-0.3, -0.25) is 0 Å². The van der Waals surface area contributed by atoms with Crippen LogP contribution in [-0.4, -0.2) is 11.7 Å². The van der Waals surface area contributed by atoms with Crippen LogP contribution in [0.2, 0.25) is 0 Å². The Bertz CT molecular complexity index is 416. The van der Waals surface area contributed by atoms with Crippen molar-refractivity contribution in [3.05, 3.63) is 23.7 Å². The lowest BCUT2D eigenvalue weighted by molar-refractivity contribution is -0.0273. The fourth-order valence-electron chi connectivity index (χ4n) is 3.50. The molecule has 1 aliphatic carbocycles. The highest BCUT2D eigenvalue weighted by atomic mass is 16.4. The van der Waals surface area contributed by atoms with E-state index in [1.165, 1.54) is 0 Å². The summed E-state index contributed by atoms with van der Waals surface area (Å²) in [5.41, 5.74) is 5.84. The molecule has 3 nitrogen and oxygen atoms in total. The number of hydrogen-bond donors (Lipinski definition) is 2. The van der Waals surface area contributed by atoms with Crippen molar-refractivity contribution in [2.24, 2.45) is 23.0 Å². The molecule has 0 radical (unpaired) electrons. The van der Waals surface area contributed by atoms with Crippen LogP contribution in [0, 0.1) is 17.3 Å². The molecule has 0 amide bonds. The minimum absolute atomic E-state index is 0.200. The molecule has 1 aromatic rings. The number of hydrogen-bond acceptors (Lipinski definition) is 3. The third-order valence-electron chi connectivity index (χ3n) is 5.26. The summed E-state index contributed by atoms with van der Waals surface area (Å²) in [7, 11) is 0. The molecule has 3 N–H and O–H groups in total. The molecule has 3 heteroatoms. The normalized spacial score (nSPS) is 28.8. The summed E-state index contributed by atoms with van der Waals surface area (Å²) in [6.07, 6.45) is 4.60. The molecule has 1 aromatic heterocycles. The largest absolute Gasteiger partial charge is 0.463 e. The van der Waals surface area contributed by atoms with Gasteiger partial charge >= 0.3 is 0 Å². The first-order valence-electron chi connectivity index (χ1n) is 7.99. The van der Waals surface area contributed by atoms with Gasteiger partial charge in [0, 0.05) is 18.4 Å². The molecule has 1 fully saturated rings. The van der Waals surface area contributed by atoms with Crippen LogP contribution >= 0.6 is 0 Å². The van der Waals surface area contributed by atoms with Gasteiger partial charge in [-0.25, -0.2) is 0 Å². The van der Waals surface area contributed by atoms with E-state index in [1.807, 2.05) is 12.1 Å². The summed E-state index contributed by atoms with van der Waals surface area (Å²) in [4.78, 5) is 0. The van der Waals surface area contributed by atoms with Crippen LogP contribution in [0.15, 0.2) is 16.5 Å². The summed E-state index contributed by atoms with van der Waals surface area (Å²) in [5, 5.41) is 10.8. The van der Waals surface area contributed by atoms with Gasteiger partial charge in [0.25, 0.3) is 0 Å². The first-order chi connectivity index (χ1) is 9.52. The van der Waals surface area contributed by atoms with Crippen molar-refractivity contribution in [1.29, 1.82) is 0 Å². The van der Waals surface area contributed by atoms with Crippen LogP contribution in [-0.2, 0) is 6.42 Å². The molecule has 0 spiro atoms.